The van der Waals surface area contributed by atoms with Crippen molar-refractivity contribution in [2.75, 3.05) is 0 Å². The van der Waals surface area contributed by atoms with Gasteiger partial charge in [-0.3, -0.25) is 4.79 Å². The molecular weight excluding hydrogens is 188 g/mol. The lowest BCUT2D eigenvalue weighted by molar-refractivity contribution is -0.104. The van der Waals surface area contributed by atoms with E-state index in [-0.39, 0.29) is 0 Å². The summed E-state index contributed by atoms with van der Waals surface area (Å²) in [5, 5.41) is 0. The van der Waals surface area contributed by atoms with E-state index in [1.54, 1.807) is 0 Å². The summed E-state index contributed by atoms with van der Waals surface area (Å²) < 4.78 is 0. The van der Waals surface area contributed by atoms with Crippen LogP contribution in [-0.4, -0.2) is 16.3 Å². The summed E-state index contributed by atoms with van der Waals surface area (Å²) in [5.41, 5.74) is 2.05. The number of allylic oxidation sites excluding steroid dienone is 2. The number of carbonyl (C=O) groups is 1. The Hall–Kier alpha value is -1.90. The van der Waals surface area contributed by atoms with Gasteiger partial charge >= 0.3 is 0 Å². The van der Waals surface area contributed by atoms with Crippen LogP contribution in [0.25, 0.3) is 11.0 Å². The Labute approximate surface area is 87.8 Å². The average molecular weight is 200 g/mol. The third-order valence-corrected chi connectivity index (χ3v) is 2.20. The van der Waals surface area contributed by atoms with E-state index >= 15 is 0 Å². The molecule has 0 saturated heterocycles. The van der Waals surface area contributed by atoms with Crippen molar-refractivity contribution in [3.8, 4) is 0 Å². The molecule has 1 N–H and O–H groups in total. The molecule has 0 aliphatic heterocycles. The van der Waals surface area contributed by atoms with Gasteiger partial charge < -0.3 is 4.98 Å². The van der Waals surface area contributed by atoms with E-state index in [0.717, 1.165) is 36.0 Å². The fourth-order valence-electron chi connectivity index (χ4n) is 1.50. The highest BCUT2D eigenvalue weighted by molar-refractivity contribution is 5.74. The Morgan fingerprint density at radius 3 is 3.00 bits per heavy atom. The molecule has 0 unspecified atom stereocenters. The first-order valence-electron chi connectivity index (χ1n) is 4.94. The molecule has 3 heteroatoms. The monoisotopic (exact) mass is 200 g/mol. The summed E-state index contributed by atoms with van der Waals surface area (Å²) in [7, 11) is 0. The highest BCUT2D eigenvalue weighted by Gasteiger charge is 1.99. The smallest absolute Gasteiger partial charge is 0.142 e. The van der Waals surface area contributed by atoms with Crippen molar-refractivity contribution < 1.29 is 4.79 Å². The molecule has 1 aromatic carbocycles. The Kier molecular flexibility index (Phi) is 2.93. The first-order chi connectivity index (χ1) is 7.40. The predicted molar refractivity (Wildman–Crippen MR) is 59.6 cm³/mol. The van der Waals surface area contributed by atoms with E-state index in [0.29, 0.717) is 0 Å². The van der Waals surface area contributed by atoms with Gasteiger partial charge in [-0.2, -0.15) is 0 Å². The van der Waals surface area contributed by atoms with E-state index in [9.17, 15) is 4.79 Å². The van der Waals surface area contributed by atoms with Gasteiger partial charge in [0.25, 0.3) is 0 Å². The Bertz CT molecular complexity index is 452. The number of aldehydes is 1. The van der Waals surface area contributed by atoms with Crippen LogP contribution >= 0.6 is 0 Å². The van der Waals surface area contributed by atoms with Gasteiger partial charge in [-0.1, -0.05) is 18.2 Å². The number of aryl methyl sites for hydroxylation is 1. The molecule has 15 heavy (non-hydrogen) atoms. The van der Waals surface area contributed by atoms with Gasteiger partial charge in [-0.25, -0.2) is 4.98 Å². The zero-order valence-electron chi connectivity index (χ0n) is 8.31. The number of fused-ring (bicyclic) bond motifs is 1. The number of H-pyrrole nitrogens is 1. The molecule has 1 aromatic heterocycles. The van der Waals surface area contributed by atoms with Crippen LogP contribution in [-0.2, 0) is 11.2 Å². The fraction of sp³-hybridized carbons (Fsp3) is 0.167. The summed E-state index contributed by atoms with van der Waals surface area (Å²) >= 11 is 0. The number of imidazole rings is 1. The number of nitrogens with zero attached hydrogens (tertiary/aromatic N) is 1. The van der Waals surface area contributed by atoms with E-state index < -0.39 is 0 Å². The van der Waals surface area contributed by atoms with Crippen LogP contribution in [0.2, 0.25) is 0 Å². The maximum absolute atomic E-state index is 10.0. The zero-order chi connectivity index (χ0) is 10.5. The standard InChI is InChI=1S/C12H12N2O/c15-9-5-1-2-8-12-13-10-6-3-4-7-11(10)14-12/h1,3-7,9H,2,8H2,(H,13,14)/b5-1+. The molecule has 0 radical (unpaired) electrons. The fourth-order valence-corrected chi connectivity index (χ4v) is 1.50. The van der Waals surface area contributed by atoms with Crippen molar-refractivity contribution in [1.29, 1.82) is 0 Å². The Morgan fingerprint density at radius 1 is 1.33 bits per heavy atom. The summed E-state index contributed by atoms with van der Waals surface area (Å²) in [5.74, 6) is 0.965. The normalized spacial score (nSPS) is 11.2. The lowest BCUT2D eigenvalue weighted by Crippen LogP contribution is -1.85. The van der Waals surface area contributed by atoms with Crippen LogP contribution in [0.1, 0.15) is 12.2 Å². The lowest BCUT2D eigenvalue weighted by Gasteiger charge is -1.89. The third-order valence-electron chi connectivity index (χ3n) is 2.20. The maximum Gasteiger partial charge on any atom is 0.142 e. The van der Waals surface area contributed by atoms with E-state index in [1.165, 1.54) is 6.08 Å². The van der Waals surface area contributed by atoms with Crippen molar-refractivity contribution >= 4 is 17.3 Å². The molecular formula is C12H12N2O. The Balaban J connectivity index is 2.08. The van der Waals surface area contributed by atoms with Gasteiger partial charge in [-0.05, 0) is 24.6 Å². The number of aromatic amines is 1. The highest BCUT2D eigenvalue weighted by atomic mass is 16.1. The van der Waals surface area contributed by atoms with Crippen LogP contribution in [0.5, 0.6) is 0 Å². The SMILES string of the molecule is O=C/C=C/CCc1nc2ccccc2[nH]1. The molecule has 0 amide bonds. The minimum Gasteiger partial charge on any atom is -0.342 e. The largest absolute Gasteiger partial charge is 0.342 e. The van der Waals surface area contributed by atoms with Gasteiger partial charge in [0.15, 0.2) is 0 Å². The third kappa shape index (κ3) is 2.31. The van der Waals surface area contributed by atoms with Gasteiger partial charge in [0, 0.05) is 6.42 Å². The lowest BCUT2D eigenvalue weighted by atomic mass is 10.3. The van der Waals surface area contributed by atoms with Gasteiger partial charge in [0.1, 0.15) is 12.1 Å². The van der Waals surface area contributed by atoms with Crippen LogP contribution in [0, 0.1) is 0 Å². The molecule has 1 heterocycles. The zero-order valence-corrected chi connectivity index (χ0v) is 8.31. The second-order valence-electron chi connectivity index (χ2n) is 3.30. The first-order valence-corrected chi connectivity index (χ1v) is 4.94. The van der Waals surface area contributed by atoms with Crippen LogP contribution in [0.4, 0.5) is 0 Å². The van der Waals surface area contributed by atoms with Crippen LogP contribution in [0.3, 0.4) is 0 Å². The Morgan fingerprint density at radius 2 is 2.20 bits per heavy atom. The molecule has 2 rings (SSSR count). The molecule has 0 bridgehead atoms. The topological polar surface area (TPSA) is 45.8 Å². The molecule has 76 valence electrons. The van der Waals surface area contributed by atoms with E-state index in [4.69, 9.17) is 0 Å². The van der Waals surface area contributed by atoms with Crippen molar-refractivity contribution in [2.45, 2.75) is 12.8 Å². The quantitative estimate of drug-likeness (QED) is 0.607. The summed E-state index contributed by atoms with van der Waals surface area (Å²) in [4.78, 5) is 17.7. The van der Waals surface area contributed by atoms with Crippen molar-refractivity contribution in [3.63, 3.8) is 0 Å². The van der Waals surface area contributed by atoms with Gasteiger partial charge in [0.05, 0.1) is 11.0 Å². The predicted octanol–water partition coefficient (Wildman–Crippen LogP) is 2.25. The highest BCUT2D eigenvalue weighted by Crippen LogP contribution is 2.11. The number of benzene rings is 1. The number of rotatable bonds is 4. The second kappa shape index (κ2) is 4.55. The number of nitrogens with one attached hydrogen (secondary N) is 1. The molecule has 0 aliphatic rings. The molecule has 2 aromatic rings. The maximum atomic E-state index is 10.0. The van der Waals surface area contributed by atoms with Gasteiger partial charge in [0.2, 0.25) is 0 Å². The van der Waals surface area contributed by atoms with Crippen molar-refractivity contribution in [1.82, 2.24) is 9.97 Å². The van der Waals surface area contributed by atoms with Crippen LogP contribution < -0.4 is 0 Å². The number of carbonyl (C=O) groups excluding carboxylic acids is 1. The molecule has 0 aliphatic carbocycles. The van der Waals surface area contributed by atoms with Crippen molar-refractivity contribution in [3.05, 3.63) is 42.2 Å². The number of hydrogen-bond acceptors (Lipinski definition) is 2. The molecule has 0 saturated carbocycles. The van der Waals surface area contributed by atoms with Gasteiger partial charge in [-0.15, -0.1) is 0 Å². The minimum atomic E-state index is 0.790. The average Bonchev–Trinajstić information content (AvgIpc) is 2.67. The molecule has 0 spiro atoms. The summed E-state index contributed by atoms with van der Waals surface area (Å²) in [6.07, 6.45) is 5.82. The van der Waals surface area contributed by atoms with E-state index in [2.05, 4.69) is 9.97 Å². The second-order valence-corrected chi connectivity index (χ2v) is 3.30. The molecule has 0 atom stereocenters. The minimum absolute atomic E-state index is 0.790. The van der Waals surface area contributed by atoms with Crippen molar-refractivity contribution in [2.24, 2.45) is 0 Å². The number of hydrogen-bond donors (Lipinski definition) is 1. The van der Waals surface area contributed by atoms with E-state index in [1.807, 2.05) is 30.3 Å². The summed E-state index contributed by atoms with van der Waals surface area (Å²) in [6.45, 7) is 0. The number of para-hydroxylation sites is 2. The molecule has 3 nitrogen and oxygen atoms in total. The van der Waals surface area contributed by atoms with Crippen LogP contribution in [0.15, 0.2) is 36.4 Å². The summed E-state index contributed by atoms with van der Waals surface area (Å²) in [6, 6.07) is 7.94. The first kappa shape index (κ1) is 9.65. The number of aromatic nitrogens is 2. The molecule has 0 fully saturated rings.